The van der Waals surface area contributed by atoms with E-state index in [1.54, 1.807) is 0 Å². The molecule has 36 valence electrons. The fourth-order valence-corrected chi connectivity index (χ4v) is 0. The molecule has 0 N–H and O–H groups in total. The second-order valence-electron chi connectivity index (χ2n) is 1.24. The van der Waals surface area contributed by atoms with Crippen LogP contribution in [0.5, 0.6) is 0 Å². The molecule has 0 bridgehead atoms. The van der Waals surface area contributed by atoms with E-state index in [1.807, 2.05) is 13.3 Å². The summed E-state index contributed by atoms with van der Waals surface area (Å²) >= 11 is 10.8. The van der Waals surface area contributed by atoms with Gasteiger partial charge in [0.05, 0.1) is 0 Å². The third-order valence-corrected chi connectivity index (χ3v) is 3.51. The van der Waals surface area contributed by atoms with Crippen LogP contribution in [0.2, 0.25) is 0 Å². The van der Waals surface area contributed by atoms with Crippen LogP contribution >= 0.6 is 30.7 Å². The first-order chi connectivity index (χ1) is 2.64. The number of hydrogen-bond acceptors (Lipinski definition) is 0. The maximum Gasteiger partial charge on any atom is 0.376 e. The van der Waals surface area contributed by atoms with Gasteiger partial charge in [0, 0.05) is 0 Å². The molecule has 0 aliphatic heterocycles. The van der Waals surface area contributed by atoms with Gasteiger partial charge in [0.15, 0.2) is 0 Å². The minimum atomic E-state index is -0.139. The Morgan fingerprint density at radius 2 is 1.50 bits per heavy atom. The van der Waals surface area contributed by atoms with Crippen LogP contribution in [0.4, 0.5) is 0 Å². The van der Waals surface area contributed by atoms with Gasteiger partial charge in [0.2, 0.25) is 0 Å². The largest absolute Gasteiger partial charge is 0.376 e. The monoisotopic (exact) mass is 142 g/mol. The van der Waals surface area contributed by atoms with Gasteiger partial charge in [-0.05, 0) is 13.3 Å². The lowest BCUT2D eigenvalue weighted by molar-refractivity contribution is 2.29. The molecule has 0 fully saturated rings. The fourth-order valence-electron chi connectivity index (χ4n) is 0. The van der Waals surface area contributed by atoms with Crippen LogP contribution < -0.4 is 0 Å². The summed E-state index contributed by atoms with van der Waals surface area (Å²) in [7, 11) is -0.129. The average molecular weight is 143 g/mol. The zero-order chi connectivity index (χ0) is 5.15. The maximum absolute atomic E-state index is 5.41. The Balaban J connectivity index is 2.99. The molecule has 0 aromatic carbocycles. The van der Waals surface area contributed by atoms with Gasteiger partial charge in [0.1, 0.15) is 0 Å². The van der Waals surface area contributed by atoms with Gasteiger partial charge in [-0.1, -0.05) is 0 Å². The highest BCUT2D eigenvalue weighted by Crippen LogP contribution is 2.33. The normalized spacial score (nSPS) is 9.50. The number of halogens is 2. The molecule has 0 saturated carbocycles. The van der Waals surface area contributed by atoms with E-state index >= 15 is 0 Å². The van der Waals surface area contributed by atoms with Crippen molar-refractivity contribution in [2.75, 3.05) is 13.3 Å². The van der Waals surface area contributed by atoms with Crippen LogP contribution in [-0.2, 0) is 0 Å². The number of hydrogen-bond donors (Lipinski definition) is 0. The first-order valence-corrected chi connectivity index (χ1v) is 4.77. The smallest absolute Gasteiger partial charge is 0.165 e. The van der Waals surface area contributed by atoms with Gasteiger partial charge in [-0.2, -0.15) is 22.9 Å². The maximum atomic E-state index is 5.41. The van der Waals surface area contributed by atoms with Crippen molar-refractivity contribution in [2.24, 2.45) is 0 Å². The van der Waals surface area contributed by atoms with Crippen LogP contribution in [0.15, 0.2) is 0 Å². The minimum absolute atomic E-state index is 0.129. The molecule has 0 aliphatic carbocycles. The third-order valence-electron chi connectivity index (χ3n) is 0.390. The summed E-state index contributed by atoms with van der Waals surface area (Å²) in [6.45, 7) is 4.08. The first kappa shape index (κ1) is 7.07. The zero-order valence-electron chi connectivity index (χ0n) is 3.78. The third kappa shape index (κ3) is 3.27. The van der Waals surface area contributed by atoms with Crippen LogP contribution in [0.3, 0.4) is 0 Å². The summed E-state index contributed by atoms with van der Waals surface area (Å²) in [5.74, 6) is 0. The Labute approximate surface area is 49.8 Å². The van der Waals surface area contributed by atoms with E-state index in [2.05, 4.69) is 0 Å². The van der Waals surface area contributed by atoms with Crippen LogP contribution in [-0.4, -0.2) is 18.6 Å². The Morgan fingerprint density at radius 3 is 1.50 bits per heavy atom. The Kier molecular flexibility index (Phi) is 3.69. The second-order valence-corrected chi connectivity index (χ2v) is 5.39. The Morgan fingerprint density at radius 1 is 1.33 bits per heavy atom. The zero-order valence-corrected chi connectivity index (χ0v) is 6.19. The summed E-state index contributed by atoms with van der Waals surface area (Å²) in [5, 5.41) is -0.139. The van der Waals surface area contributed by atoms with Gasteiger partial charge < -0.3 is 0 Å². The fraction of sp³-hybridized carbons (Fsp3) is 1.00. The molecule has 0 aromatic heterocycles. The molecule has 0 rings (SSSR count). The van der Waals surface area contributed by atoms with E-state index < -0.39 is 0 Å². The predicted octanol–water partition coefficient (Wildman–Crippen LogP) is 2.19. The van der Waals surface area contributed by atoms with Crippen LogP contribution in [0.1, 0.15) is 0 Å². The van der Waals surface area contributed by atoms with E-state index in [-0.39, 0.29) is 13.1 Å². The first-order valence-electron chi connectivity index (χ1n) is 1.59. The lowest BCUT2D eigenvalue weighted by atomic mass is 10.7. The summed E-state index contributed by atoms with van der Waals surface area (Å²) in [6.07, 6.45) is 0. The standard InChI is InChI=1S/C2H6BCl2P/c1-6(2)3(4)5/h1-2H3. The van der Waals surface area contributed by atoms with Crippen molar-refractivity contribution in [3.63, 3.8) is 0 Å². The van der Waals surface area contributed by atoms with Crippen molar-refractivity contribution in [1.29, 1.82) is 0 Å². The van der Waals surface area contributed by atoms with E-state index in [9.17, 15) is 0 Å². The molecule has 0 amide bonds. The van der Waals surface area contributed by atoms with Crippen molar-refractivity contribution in [1.82, 2.24) is 0 Å². The Hall–Kier alpha value is 1.07. The molecule has 0 saturated heterocycles. The summed E-state index contributed by atoms with van der Waals surface area (Å²) < 4.78 is 0. The molecule has 0 aromatic rings. The second kappa shape index (κ2) is 3.13. The van der Waals surface area contributed by atoms with Crippen molar-refractivity contribution < 1.29 is 0 Å². The Bertz CT molecular complexity index is 32.5. The molecule has 0 radical (unpaired) electrons. The molecule has 4 heteroatoms. The van der Waals surface area contributed by atoms with Gasteiger partial charge >= 0.3 is 5.26 Å². The topological polar surface area (TPSA) is 0 Å². The van der Waals surface area contributed by atoms with E-state index in [4.69, 9.17) is 22.9 Å². The quantitative estimate of drug-likeness (QED) is 0.389. The van der Waals surface area contributed by atoms with E-state index in [0.717, 1.165) is 0 Å². The highest BCUT2D eigenvalue weighted by Gasteiger charge is 2.08. The summed E-state index contributed by atoms with van der Waals surface area (Å²) in [4.78, 5) is 0. The van der Waals surface area contributed by atoms with E-state index in [1.165, 1.54) is 0 Å². The highest BCUT2D eigenvalue weighted by atomic mass is 35.5. The minimum Gasteiger partial charge on any atom is -0.165 e. The van der Waals surface area contributed by atoms with Gasteiger partial charge in [-0.25, -0.2) is 0 Å². The van der Waals surface area contributed by atoms with Crippen LogP contribution in [0, 0.1) is 0 Å². The summed E-state index contributed by atoms with van der Waals surface area (Å²) in [5.41, 5.74) is 0. The average Bonchev–Trinajstić information content (AvgIpc) is 1.36. The van der Waals surface area contributed by atoms with Gasteiger partial charge in [0.25, 0.3) is 0 Å². The van der Waals surface area contributed by atoms with Crippen molar-refractivity contribution >= 4 is 36.0 Å². The van der Waals surface area contributed by atoms with Crippen molar-refractivity contribution in [2.45, 2.75) is 0 Å². The van der Waals surface area contributed by atoms with E-state index in [0.29, 0.717) is 0 Å². The number of rotatable bonds is 1. The van der Waals surface area contributed by atoms with Crippen molar-refractivity contribution in [3.05, 3.63) is 0 Å². The lowest BCUT2D eigenvalue weighted by Crippen LogP contribution is -1.84. The molecule has 0 aliphatic rings. The van der Waals surface area contributed by atoms with Gasteiger partial charge in [-0.15, -0.1) is 7.80 Å². The molecule has 0 unspecified atom stereocenters. The van der Waals surface area contributed by atoms with Crippen LogP contribution in [0.25, 0.3) is 0 Å². The highest BCUT2D eigenvalue weighted by molar-refractivity contribution is 8.03. The molecule has 0 heterocycles. The lowest BCUT2D eigenvalue weighted by Gasteiger charge is -1.97. The molecule has 0 nitrogen and oxygen atoms in total. The van der Waals surface area contributed by atoms with Crippen molar-refractivity contribution in [3.8, 4) is 0 Å². The predicted molar refractivity (Wildman–Crippen MR) is 36.2 cm³/mol. The van der Waals surface area contributed by atoms with Gasteiger partial charge in [-0.3, -0.25) is 0 Å². The SMILES string of the molecule is CP(C)B(Cl)Cl. The molecular formula is C2H6BCl2P. The molecule has 6 heavy (non-hydrogen) atoms. The molecular weight excluding hydrogens is 137 g/mol. The molecule has 0 atom stereocenters. The summed E-state index contributed by atoms with van der Waals surface area (Å²) in [6, 6.07) is 0. The molecule has 0 spiro atoms.